The molecule has 1 N–H and O–H groups in total. The van der Waals surface area contributed by atoms with E-state index in [1.54, 1.807) is 0 Å². The van der Waals surface area contributed by atoms with E-state index in [-0.39, 0.29) is 0 Å². The molecule has 1 aliphatic rings. The summed E-state index contributed by atoms with van der Waals surface area (Å²) in [4.78, 5) is 0. The predicted molar refractivity (Wildman–Crippen MR) is 83.0 cm³/mol. The molecule has 1 fully saturated rings. The highest BCUT2D eigenvalue weighted by molar-refractivity contribution is 5.72. The highest BCUT2D eigenvalue weighted by Crippen LogP contribution is 2.36. The van der Waals surface area contributed by atoms with E-state index in [1.165, 1.54) is 35.2 Å². The Kier molecular flexibility index (Phi) is 3.62. The molecule has 106 valence electrons. The summed E-state index contributed by atoms with van der Waals surface area (Å²) in [5.74, 6) is 0.574. The first-order valence-corrected chi connectivity index (χ1v) is 7.48. The zero-order valence-electron chi connectivity index (χ0n) is 12.6. The van der Waals surface area contributed by atoms with Crippen LogP contribution in [0.5, 0.6) is 0 Å². The molecule has 1 aliphatic heterocycles. The third kappa shape index (κ3) is 2.27. The Morgan fingerprint density at radius 3 is 2.75 bits per heavy atom. The van der Waals surface area contributed by atoms with Gasteiger partial charge in [-0.25, -0.2) is 0 Å². The van der Waals surface area contributed by atoms with Gasteiger partial charge in [0.15, 0.2) is 0 Å². The van der Waals surface area contributed by atoms with Crippen molar-refractivity contribution in [3.63, 3.8) is 0 Å². The molecule has 3 heteroatoms. The summed E-state index contributed by atoms with van der Waals surface area (Å²) in [6.45, 7) is 6.52. The first-order chi connectivity index (χ1) is 9.68. The standard InChI is InChI=1S/C17H23N3/c1-12-7-4-5-9-15(12)16-13(2)19-20(3)17(16)14-8-6-10-18-11-14/h4-5,7,9,14,18H,6,8,10-11H2,1-3H3. The van der Waals surface area contributed by atoms with Gasteiger partial charge in [0.05, 0.1) is 11.4 Å². The third-order valence-corrected chi connectivity index (χ3v) is 4.36. The minimum atomic E-state index is 0.574. The van der Waals surface area contributed by atoms with E-state index in [1.807, 2.05) is 0 Å². The summed E-state index contributed by atoms with van der Waals surface area (Å²) in [5.41, 5.74) is 6.54. The Bertz CT molecular complexity index is 607. The van der Waals surface area contributed by atoms with Crippen molar-refractivity contribution in [1.29, 1.82) is 0 Å². The van der Waals surface area contributed by atoms with Gasteiger partial charge in [-0.15, -0.1) is 0 Å². The van der Waals surface area contributed by atoms with Crippen LogP contribution < -0.4 is 5.32 Å². The van der Waals surface area contributed by atoms with Gasteiger partial charge in [-0.05, 0) is 44.4 Å². The lowest BCUT2D eigenvalue weighted by molar-refractivity contribution is 0.442. The molecule has 2 aromatic rings. The first kappa shape index (κ1) is 13.4. The number of aryl methyl sites for hydroxylation is 3. The molecule has 1 aromatic carbocycles. The fourth-order valence-electron chi connectivity index (χ4n) is 3.42. The molecule has 3 nitrogen and oxygen atoms in total. The molecule has 20 heavy (non-hydrogen) atoms. The predicted octanol–water partition coefficient (Wildman–Crippen LogP) is 3.17. The molecule has 1 aromatic heterocycles. The molecule has 1 unspecified atom stereocenters. The van der Waals surface area contributed by atoms with Gasteiger partial charge in [-0.3, -0.25) is 4.68 Å². The van der Waals surface area contributed by atoms with Gasteiger partial charge in [0.2, 0.25) is 0 Å². The Balaban J connectivity index is 2.13. The van der Waals surface area contributed by atoms with Crippen LogP contribution in [0.3, 0.4) is 0 Å². The zero-order chi connectivity index (χ0) is 14.1. The number of nitrogens with zero attached hydrogens (tertiary/aromatic N) is 2. The van der Waals surface area contributed by atoms with Crippen molar-refractivity contribution in [2.45, 2.75) is 32.6 Å². The quantitative estimate of drug-likeness (QED) is 0.907. The van der Waals surface area contributed by atoms with Crippen LogP contribution in [0.1, 0.15) is 35.7 Å². The second-order valence-corrected chi connectivity index (χ2v) is 5.83. The van der Waals surface area contributed by atoms with Crippen LogP contribution in [0.15, 0.2) is 24.3 Å². The average Bonchev–Trinajstić information content (AvgIpc) is 2.75. The topological polar surface area (TPSA) is 29.9 Å². The van der Waals surface area contributed by atoms with Crippen molar-refractivity contribution in [1.82, 2.24) is 15.1 Å². The van der Waals surface area contributed by atoms with Gasteiger partial charge < -0.3 is 5.32 Å². The van der Waals surface area contributed by atoms with Crippen molar-refractivity contribution in [2.24, 2.45) is 7.05 Å². The summed E-state index contributed by atoms with van der Waals surface area (Å²) < 4.78 is 2.09. The Labute approximate surface area is 121 Å². The lowest BCUT2D eigenvalue weighted by Gasteiger charge is -2.24. The molecule has 0 bridgehead atoms. The van der Waals surface area contributed by atoms with Crippen LogP contribution in [0.4, 0.5) is 0 Å². The van der Waals surface area contributed by atoms with Crippen LogP contribution in [0.25, 0.3) is 11.1 Å². The third-order valence-electron chi connectivity index (χ3n) is 4.36. The summed E-state index contributed by atoms with van der Waals surface area (Å²) in [5, 5.41) is 8.21. The molecule has 1 saturated heterocycles. The van der Waals surface area contributed by atoms with Crippen molar-refractivity contribution >= 4 is 0 Å². The zero-order valence-corrected chi connectivity index (χ0v) is 12.6. The summed E-state index contributed by atoms with van der Waals surface area (Å²) in [6, 6.07) is 8.63. The van der Waals surface area contributed by atoms with Crippen molar-refractivity contribution in [3.8, 4) is 11.1 Å². The molecular weight excluding hydrogens is 246 g/mol. The molecule has 2 heterocycles. The van der Waals surface area contributed by atoms with Crippen LogP contribution in [0.2, 0.25) is 0 Å². The fourth-order valence-corrected chi connectivity index (χ4v) is 3.42. The molecule has 0 saturated carbocycles. The number of benzene rings is 1. The Morgan fingerprint density at radius 1 is 1.25 bits per heavy atom. The number of piperidine rings is 1. The van der Waals surface area contributed by atoms with E-state index < -0.39 is 0 Å². The van der Waals surface area contributed by atoms with Gasteiger partial charge >= 0.3 is 0 Å². The number of rotatable bonds is 2. The van der Waals surface area contributed by atoms with Crippen LogP contribution >= 0.6 is 0 Å². The van der Waals surface area contributed by atoms with Crippen molar-refractivity contribution in [3.05, 3.63) is 41.2 Å². The van der Waals surface area contributed by atoms with E-state index in [9.17, 15) is 0 Å². The number of hydrogen-bond donors (Lipinski definition) is 1. The van der Waals surface area contributed by atoms with Gasteiger partial charge in [0, 0.05) is 25.1 Å². The maximum atomic E-state index is 4.69. The van der Waals surface area contributed by atoms with Gasteiger partial charge in [-0.2, -0.15) is 5.10 Å². The molecule has 1 atom stereocenters. The number of hydrogen-bond acceptors (Lipinski definition) is 2. The molecule has 0 amide bonds. The maximum Gasteiger partial charge on any atom is 0.0675 e. The second kappa shape index (κ2) is 5.41. The Hall–Kier alpha value is -1.61. The lowest BCUT2D eigenvalue weighted by atomic mass is 9.89. The molecule has 3 rings (SSSR count). The number of aromatic nitrogens is 2. The first-order valence-electron chi connectivity index (χ1n) is 7.48. The normalized spacial score (nSPS) is 19.2. The van der Waals surface area contributed by atoms with E-state index in [2.05, 4.69) is 55.2 Å². The monoisotopic (exact) mass is 269 g/mol. The maximum absolute atomic E-state index is 4.69. The number of nitrogens with one attached hydrogen (secondary N) is 1. The molecular formula is C17H23N3. The van der Waals surface area contributed by atoms with Gasteiger partial charge in [0.1, 0.15) is 0 Å². The Morgan fingerprint density at radius 2 is 2.05 bits per heavy atom. The van der Waals surface area contributed by atoms with Crippen LogP contribution in [-0.2, 0) is 7.05 Å². The summed E-state index contributed by atoms with van der Waals surface area (Å²) in [6.07, 6.45) is 2.51. The summed E-state index contributed by atoms with van der Waals surface area (Å²) in [7, 11) is 2.08. The largest absolute Gasteiger partial charge is 0.316 e. The van der Waals surface area contributed by atoms with Gasteiger partial charge in [-0.1, -0.05) is 24.3 Å². The lowest BCUT2D eigenvalue weighted by Crippen LogP contribution is -2.29. The van der Waals surface area contributed by atoms with Crippen LogP contribution in [-0.4, -0.2) is 22.9 Å². The minimum absolute atomic E-state index is 0.574. The highest BCUT2D eigenvalue weighted by Gasteiger charge is 2.25. The average molecular weight is 269 g/mol. The van der Waals surface area contributed by atoms with Crippen LogP contribution in [0, 0.1) is 13.8 Å². The molecule has 0 aliphatic carbocycles. The minimum Gasteiger partial charge on any atom is -0.316 e. The summed E-state index contributed by atoms with van der Waals surface area (Å²) >= 11 is 0. The highest BCUT2D eigenvalue weighted by atomic mass is 15.3. The smallest absolute Gasteiger partial charge is 0.0675 e. The van der Waals surface area contributed by atoms with E-state index in [4.69, 9.17) is 5.10 Å². The SMILES string of the molecule is Cc1ccccc1-c1c(C)nn(C)c1C1CCCNC1. The van der Waals surface area contributed by atoms with Gasteiger partial charge in [0.25, 0.3) is 0 Å². The van der Waals surface area contributed by atoms with Crippen molar-refractivity contribution < 1.29 is 0 Å². The van der Waals surface area contributed by atoms with Crippen molar-refractivity contribution in [2.75, 3.05) is 13.1 Å². The van der Waals surface area contributed by atoms with E-state index in [0.29, 0.717) is 5.92 Å². The van der Waals surface area contributed by atoms with E-state index in [0.717, 1.165) is 18.8 Å². The molecule has 0 radical (unpaired) electrons. The molecule has 0 spiro atoms. The van der Waals surface area contributed by atoms with E-state index >= 15 is 0 Å². The fraction of sp³-hybridized carbons (Fsp3) is 0.471. The second-order valence-electron chi connectivity index (χ2n) is 5.83.